The Bertz CT molecular complexity index is 786. The van der Waals surface area contributed by atoms with E-state index in [9.17, 15) is 4.79 Å². The highest BCUT2D eigenvalue weighted by Crippen LogP contribution is 2.25. The third-order valence-corrected chi connectivity index (χ3v) is 4.06. The Morgan fingerprint density at radius 3 is 2.36 bits per heavy atom. The molecule has 0 aliphatic carbocycles. The topological polar surface area (TPSA) is 42.9 Å². The second kappa shape index (κ2) is 6.54. The molecule has 0 atom stereocenters. The van der Waals surface area contributed by atoms with E-state index in [2.05, 4.69) is 9.97 Å². The van der Waals surface area contributed by atoms with Gasteiger partial charge in [-0.25, -0.2) is 0 Å². The molecule has 0 unspecified atom stereocenters. The monoisotopic (exact) mass is 306 g/mol. The molecule has 0 radical (unpaired) electrons. The number of benzene rings is 1. The van der Waals surface area contributed by atoms with E-state index in [0.29, 0.717) is 17.0 Å². The highest BCUT2D eigenvalue weighted by molar-refractivity contribution is 7.98. The molecule has 2 aromatic heterocycles. The fourth-order valence-corrected chi connectivity index (χ4v) is 2.61. The minimum absolute atomic E-state index is 0.113. The first-order valence-electron chi connectivity index (χ1n) is 6.85. The smallest absolute Gasteiger partial charge is 0.213 e. The van der Waals surface area contributed by atoms with E-state index in [1.54, 1.807) is 48.4 Å². The third kappa shape index (κ3) is 2.92. The molecule has 0 aliphatic rings. The number of ketones is 1. The largest absolute Gasteiger partial charge is 0.287 e. The first kappa shape index (κ1) is 14.5. The van der Waals surface area contributed by atoms with Gasteiger partial charge in [-0.1, -0.05) is 18.2 Å². The zero-order chi connectivity index (χ0) is 15.4. The van der Waals surface area contributed by atoms with Crippen LogP contribution < -0.4 is 0 Å². The number of rotatable bonds is 4. The fourth-order valence-electron chi connectivity index (χ4n) is 2.20. The Kier molecular flexibility index (Phi) is 4.30. The number of carbonyl (C=O) groups is 1. The van der Waals surface area contributed by atoms with E-state index >= 15 is 0 Å². The summed E-state index contributed by atoms with van der Waals surface area (Å²) in [6.07, 6.45) is 5.36. The van der Waals surface area contributed by atoms with Crippen LogP contribution in [0.15, 0.2) is 71.9 Å². The lowest BCUT2D eigenvalue weighted by molar-refractivity contribution is 0.103. The van der Waals surface area contributed by atoms with Crippen LogP contribution in [0.1, 0.15) is 16.1 Å². The van der Waals surface area contributed by atoms with E-state index in [0.717, 1.165) is 5.56 Å². The normalized spacial score (nSPS) is 10.4. The lowest BCUT2D eigenvalue weighted by atomic mass is 10.0. The van der Waals surface area contributed by atoms with Gasteiger partial charge in [-0.05, 0) is 42.7 Å². The van der Waals surface area contributed by atoms with Crippen LogP contribution in [-0.2, 0) is 0 Å². The molecule has 3 aromatic rings. The molecule has 3 nitrogen and oxygen atoms in total. The SMILES string of the molecule is CSc1ccc(-c2ncccc2C(=O)c2ccccn2)cc1. The van der Waals surface area contributed by atoms with Crippen molar-refractivity contribution in [2.24, 2.45) is 0 Å². The van der Waals surface area contributed by atoms with Gasteiger partial charge >= 0.3 is 0 Å². The van der Waals surface area contributed by atoms with E-state index in [-0.39, 0.29) is 5.78 Å². The van der Waals surface area contributed by atoms with Crippen LogP contribution in [-0.4, -0.2) is 22.0 Å². The summed E-state index contributed by atoms with van der Waals surface area (Å²) >= 11 is 1.68. The fraction of sp³-hybridized carbons (Fsp3) is 0.0556. The minimum Gasteiger partial charge on any atom is -0.287 e. The molecule has 22 heavy (non-hydrogen) atoms. The molecule has 0 N–H and O–H groups in total. The van der Waals surface area contributed by atoms with E-state index in [1.807, 2.05) is 36.6 Å². The molecule has 0 bridgehead atoms. The maximum atomic E-state index is 12.7. The van der Waals surface area contributed by atoms with Crippen LogP contribution >= 0.6 is 11.8 Å². The van der Waals surface area contributed by atoms with Crippen molar-refractivity contribution >= 4 is 17.5 Å². The van der Waals surface area contributed by atoms with E-state index < -0.39 is 0 Å². The van der Waals surface area contributed by atoms with Crippen molar-refractivity contribution in [2.75, 3.05) is 6.26 Å². The van der Waals surface area contributed by atoms with E-state index in [1.165, 1.54) is 4.90 Å². The van der Waals surface area contributed by atoms with Crippen LogP contribution in [0.5, 0.6) is 0 Å². The van der Waals surface area contributed by atoms with Gasteiger partial charge < -0.3 is 0 Å². The highest BCUT2D eigenvalue weighted by Gasteiger charge is 2.16. The minimum atomic E-state index is -0.113. The maximum Gasteiger partial charge on any atom is 0.213 e. The summed E-state index contributed by atoms with van der Waals surface area (Å²) in [6.45, 7) is 0. The van der Waals surface area contributed by atoms with Gasteiger partial charge in [-0.3, -0.25) is 14.8 Å². The summed E-state index contributed by atoms with van der Waals surface area (Å²) in [7, 11) is 0. The molecule has 0 saturated heterocycles. The van der Waals surface area contributed by atoms with Gasteiger partial charge in [-0.2, -0.15) is 0 Å². The Morgan fingerprint density at radius 1 is 0.909 bits per heavy atom. The second-order valence-corrected chi connectivity index (χ2v) is 5.55. The lowest BCUT2D eigenvalue weighted by Crippen LogP contribution is -2.06. The van der Waals surface area contributed by atoms with Crippen molar-refractivity contribution in [3.63, 3.8) is 0 Å². The summed E-state index contributed by atoms with van der Waals surface area (Å²) in [6, 6.07) is 16.9. The predicted molar refractivity (Wildman–Crippen MR) is 89.1 cm³/mol. The molecule has 0 aliphatic heterocycles. The quantitative estimate of drug-likeness (QED) is 0.538. The number of thioether (sulfide) groups is 1. The van der Waals surface area contributed by atoms with Gasteiger partial charge in [0.2, 0.25) is 5.78 Å². The average Bonchev–Trinajstić information content (AvgIpc) is 2.62. The molecule has 1 aromatic carbocycles. The second-order valence-electron chi connectivity index (χ2n) is 4.67. The number of pyridine rings is 2. The van der Waals surface area contributed by atoms with E-state index in [4.69, 9.17) is 0 Å². The van der Waals surface area contributed by atoms with Gasteiger partial charge in [0.05, 0.1) is 11.3 Å². The number of aromatic nitrogens is 2. The number of carbonyl (C=O) groups excluding carboxylic acids is 1. The summed E-state index contributed by atoms with van der Waals surface area (Å²) in [5.41, 5.74) is 2.61. The van der Waals surface area contributed by atoms with Crippen molar-refractivity contribution < 1.29 is 4.79 Å². The Morgan fingerprint density at radius 2 is 1.68 bits per heavy atom. The van der Waals surface area contributed by atoms with Crippen LogP contribution in [0.3, 0.4) is 0 Å². The summed E-state index contributed by atoms with van der Waals surface area (Å²) in [4.78, 5) is 22.4. The van der Waals surface area contributed by atoms with Gasteiger partial charge in [0.25, 0.3) is 0 Å². The predicted octanol–water partition coefficient (Wildman–Crippen LogP) is 4.10. The Labute approximate surface area is 133 Å². The molecule has 0 spiro atoms. The zero-order valence-corrected chi connectivity index (χ0v) is 12.9. The first-order valence-corrected chi connectivity index (χ1v) is 8.07. The van der Waals surface area contributed by atoms with Gasteiger partial charge in [0, 0.05) is 22.9 Å². The summed E-state index contributed by atoms with van der Waals surface area (Å²) in [5, 5.41) is 0. The lowest BCUT2D eigenvalue weighted by Gasteiger charge is -2.08. The van der Waals surface area contributed by atoms with Crippen LogP contribution in [0.4, 0.5) is 0 Å². The standard InChI is InChI=1S/C18H14N2OS/c1-22-14-9-7-13(8-10-14)17-15(5-4-12-20-17)18(21)16-6-2-3-11-19-16/h2-12H,1H3. The Hall–Kier alpha value is -2.46. The van der Waals surface area contributed by atoms with Crippen molar-refractivity contribution in [1.29, 1.82) is 0 Å². The van der Waals surface area contributed by atoms with Crippen LogP contribution in [0.2, 0.25) is 0 Å². The molecule has 0 saturated carbocycles. The summed E-state index contributed by atoms with van der Waals surface area (Å²) in [5.74, 6) is -0.113. The van der Waals surface area contributed by atoms with Crippen LogP contribution in [0, 0.1) is 0 Å². The first-order chi connectivity index (χ1) is 10.8. The van der Waals surface area contributed by atoms with Crippen LogP contribution in [0.25, 0.3) is 11.3 Å². The summed E-state index contributed by atoms with van der Waals surface area (Å²) < 4.78 is 0. The molecule has 108 valence electrons. The zero-order valence-electron chi connectivity index (χ0n) is 12.1. The average molecular weight is 306 g/mol. The molecular formula is C18H14N2OS. The molecule has 2 heterocycles. The highest BCUT2D eigenvalue weighted by atomic mass is 32.2. The van der Waals surface area contributed by atoms with Crippen molar-refractivity contribution in [2.45, 2.75) is 4.90 Å². The molecule has 0 fully saturated rings. The van der Waals surface area contributed by atoms with Crippen molar-refractivity contribution in [1.82, 2.24) is 9.97 Å². The van der Waals surface area contributed by atoms with Crippen molar-refractivity contribution in [3.05, 3.63) is 78.2 Å². The maximum absolute atomic E-state index is 12.7. The van der Waals surface area contributed by atoms with Gasteiger partial charge in [0.15, 0.2) is 0 Å². The molecule has 4 heteroatoms. The number of hydrogen-bond acceptors (Lipinski definition) is 4. The van der Waals surface area contributed by atoms with Gasteiger partial charge in [0.1, 0.15) is 5.69 Å². The number of nitrogens with zero attached hydrogens (tertiary/aromatic N) is 2. The van der Waals surface area contributed by atoms with Crippen molar-refractivity contribution in [3.8, 4) is 11.3 Å². The number of hydrogen-bond donors (Lipinski definition) is 0. The Balaban J connectivity index is 2.04. The molecular weight excluding hydrogens is 292 g/mol. The third-order valence-electron chi connectivity index (χ3n) is 3.31. The van der Waals surface area contributed by atoms with Gasteiger partial charge in [-0.15, -0.1) is 11.8 Å². The molecule has 0 amide bonds. The molecule has 3 rings (SSSR count).